The molecule has 0 amide bonds. The van der Waals surface area contributed by atoms with E-state index in [0.29, 0.717) is 5.92 Å². The average Bonchev–Trinajstić information content (AvgIpc) is 2.85. The van der Waals surface area contributed by atoms with E-state index in [2.05, 4.69) is 65.7 Å². The summed E-state index contributed by atoms with van der Waals surface area (Å²) in [6, 6.07) is 6.50. The van der Waals surface area contributed by atoms with E-state index < -0.39 is 0 Å². The van der Waals surface area contributed by atoms with E-state index in [1.807, 2.05) is 0 Å². The maximum atomic E-state index is 3.63. The molecule has 0 aliphatic heterocycles. The first kappa shape index (κ1) is 12.8. The van der Waals surface area contributed by atoms with Crippen LogP contribution in [-0.4, -0.2) is 0 Å². The lowest BCUT2D eigenvalue weighted by atomic mass is 9.88. The third kappa shape index (κ3) is 2.48. The molecule has 1 aromatic heterocycles. The quantitative estimate of drug-likeness (QED) is 0.672. The minimum Gasteiger partial charge on any atom is -0.142 e. The number of rotatable bonds is 3. The molecule has 89 valence electrons. The molecule has 1 radical (unpaired) electrons. The van der Waals surface area contributed by atoms with Gasteiger partial charge in [0, 0.05) is 10.0 Å². The number of benzene rings is 1. The minimum atomic E-state index is 0.579. The van der Waals surface area contributed by atoms with Crippen molar-refractivity contribution in [1.82, 2.24) is 0 Å². The zero-order chi connectivity index (χ0) is 12.4. The summed E-state index contributed by atoms with van der Waals surface area (Å²) in [6.07, 6.45) is 1.16. The number of hydrogen-bond donors (Lipinski definition) is 0. The van der Waals surface area contributed by atoms with Gasteiger partial charge in [-0.2, -0.15) is 0 Å². The van der Waals surface area contributed by atoms with Crippen LogP contribution in [0.2, 0.25) is 0 Å². The van der Waals surface area contributed by atoms with Crippen molar-refractivity contribution in [1.29, 1.82) is 0 Å². The Morgan fingerprint density at radius 1 is 1.35 bits per heavy atom. The maximum Gasteiger partial charge on any atom is 0.0527 e. The van der Waals surface area contributed by atoms with Gasteiger partial charge in [0.05, 0.1) is 5.38 Å². The fraction of sp³-hybridized carbons (Fsp3) is 0.333. The summed E-state index contributed by atoms with van der Waals surface area (Å²) in [7, 11) is 0. The molecule has 0 aliphatic carbocycles. The Balaban J connectivity index is 2.63. The molecule has 0 nitrogen and oxygen atoms in total. The van der Waals surface area contributed by atoms with Crippen LogP contribution in [0.4, 0.5) is 0 Å². The normalized spacial score (nSPS) is 12.7. The van der Waals surface area contributed by atoms with Crippen LogP contribution < -0.4 is 0 Å². The highest BCUT2D eigenvalue weighted by atomic mass is 79.9. The molecule has 0 saturated carbocycles. The highest BCUT2D eigenvalue weighted by Gasteiger charge is 2.15. The minimum absolute atomic E-state index is 0.579. The molecule has 2 rings (SSSR count). The monoisotopic (exact) mass is 307 g/mol. The molecule has 0 N–H and O–H groups in total. The van der Waals surface area contributed by atoms with E-state index in [-0.39, 0.29) is 0 Å². The molecule has 1 unspecified atom stereocenters. The molecule has 1 heterocycles. The van der Waals surface area contributed by atoms with E-state index in [9.17, 15) is 0 Å². The van der Waals surface area contributed by atoms with Gasteiger partial charge < -0.3 is 0 Å². The topological polar surface area (TPSA) is 0 Å². The van der Waals surface area contributed by atoms with Crippen molar-refractivity contribution in [3.05, 3.63) is 44.6 Å². The second kappa shape index (κ2) is 5.36. The number of halogens is 1. The van der Waals surface area contributed by atoms with Crippen LogP contribution in [0.1, 0.15) is 37.3 Å². The summed E-state index contributed by atoms with van der Waals surface area (Å²) < 4.78 is 1.20. The first-order valence-electron chi connectivity index (χ1n) is 5.89. The van der Waals surface area contributed by atoms with E-state index in [0.717, 1.165) is 6.42 Å². The van der Waals surface area contributed by atoms with Gasteiger partial charge in [0.25, 0.3) is 0 Å². The van der Waals surface area contributed by atoms with E-state index in [1.54, 1.807) is 11.3 Å². The highest BCUT2D eigenvalue weighted by Crippen LogP contribution is 2.37. The second-order valence-corrected chi connectivity index (χ2v) is 5.95. The Kier molecular flexibility index (Phi) is 4.05. The van der Waals surface area contributed by atoms with E-state index in [1.165, 1.54) is 26.7 Å². The molecule has 0 bridgehead atoms. The molecule has 1 aromatic carbocycles. The molecular formula is C15H16BrS. The van der Waals surface area contributed by atoms with Gasteiger partial charge in [-0.3, -0.25) is 0 Å². The predicted octanol–water partition coefficient (Wildman–Crippen LogP) is 5.80. The van der Waals surface area contributed by atoms with E-state index in [4.69, 9.17) is 0 Å². The summed E-state index contributed by atoms with van der Waals surface area (Å²) >= 11 is 5.27. The standard InChI is InChI=1S/C15H16BrS/c1-4-10(2)15-11(3)14(16)6-5-13(15)12-7-8-17-9-12/h5-8,10H,4H2,1-3H3. The van der Waals surface area contributed by atoms with Crippen molar-refractivity contribution in [3.8, 4) is 11.1 Å². The van der Waals surface area contributed by atoms with Crippen LogP contribution in [-0.2, 0) is 0 Å². The van der Waals surface area contributed by atoms with Gasteiger partial charge in [0.15, 0.2) is 0 Å². The molecule has 0 spiro atoms. The largest absolute Gasteiger partial charge is 0.142 e. The van der Waals surface area contributed by atoms with Crippen LogP contribution in [0.25, 0.3) is 11.1 Å². The zero-order valence-corrected chi connectivity index (χ0v) is 12.8. The number of thiophene rings is 1. The summed E-state index contributed by atoms with van der Waals surface area (Å²) in [5.41, 5.74) is 5.37. The van der Waals surface area contributed by atoms with Crippen molar-refractivity contribution in [2.45, 2.75) is 33.1 Å². The Bertz CT molecular complexity index is 500. The highest BCUT2D eigenvalue weighted by molar-refractivity contribution is 9.10. The Hall–Kier alpha value is -0.600. The fourth-order valence-electron chi connectivity index (χ4n) is 2.15. The molecule has 0 aliphatic rings. The lowest BCUT2D eigenvalue weighted by molar-refractivity contribution is 0.729. The van der Waals surface area contributed by atoms with Gasteiger partial charge in [-0.1, -0.05) is 35.8 Å². The molecular weight excluding hydrogens is 292 g/mol. The van der Waals surface area contributed by atoms with Crippen LogP contribution >= 0.6 is 27.3 Å². The van der Waals surface area contributed by atoms with Crippen LogP contribution in [0.5, 0.6) is 0 Å². The van der Waals surface area contributed by atoms with Crippen LogP contribution in [0.15, 0.2) is 28.1 Å². The molecule has 2 aromatic rings. The summed E-state index contributed by atoms with van der Waals surface area (Å²) in [5, 5.41) is 5.44. The summed E-state index contributed by atoms with van der Waals surface area (Å²) in [5.74, 6) is 0.579. The van der Waals surface area contributed by atoms with Gasteiger partial charge in [0.1, 0.15) is 0 Å². The summed E-state index contributed by atoms with van der Waals surface area (Å²) in [4.78, 5) is 0. The van der Waals surface area contributed by atoms with Crippen molar-refractivity contribution in [3.63, 3.8) is 0 Å². The van der Waals surface area contributed by atoms with Gasteiger partial charge in [0.2, 0.25) is 0 Å². The fourth-order valence-corrected chi connectivity index (χ4v) is 3.08. The predicted molar refractivity (Wildman–Crippen MR) is 79.7 cm³/mol. The van der Waals surface area contributed by atoms with Crippen molar-refractivity contribution in [2.75, 3.05) is 0 Å². The second-order valence-electron chi connectivity index (χ2n) is 4.38. The van der Waals surface area contributed by atoms with Crippen LogP contribution in [0.3, 0.4) is 0 Å². The average molecular weight is 308 g/mol. The SMILES string of the molecule is CCC(C)c1c(-c2[c]scc2)ccc(Br)c1C. The van der Waals surface area contributed by atoms with Gasteiger partial charge >= 0.3 is 0 Å². The molecule has 17 heavy (non-hydrogen) atoms. The lowest BCUT2D eigenvalue weighted by Gasteiger charge is -2.18. The van der Waals surface area contributed by atoms with Gasteiger partial charge in [-0.05, 0) is 53.5 Å². The Morgan fingerprint density at radius 3 is 2.71 bits per heavy atom. The van der Waals surface area contributed by atoms with Crippen molar-refractivity contribution < 1.29 is 0 Å². The zero-order valence-electron chi connectivity index (χ0n) is 10.4. The van der Waals surface area contributed by atoms with Crippen molar-refractivity contribution in [2.24, 2.45) is 0 Å². The summed E-state index contributed by atoms with van der Waals surface area (Å²) in [6.45, 7) is 6.73. The van der Waals surface area contributed by atoms with E-state index >= 15 is 0 Å². The molecule has 0 fully saturated rings. The first-order valence-corrected chi connectivity index (χ1v) is 7.57. The first-order chi connectivity index (χ1) is 8.15. The third-order valence-corrected chi connectivity index (χ3v) is 4.78. The Labute approximate surface area is 116 Å². The molecule has 1 atom stereocenters. The lowest BCUT2D eigenvalue weighted by Crippen LogP contribution is -1.99. The molecule has 2 heteroatoms. The van der Waals surface area contributed by atoms with Gasteiger partial charge in [-0.15, -0.1) is 11.3 Å². The number of hydrogen-bond acceptors (Lipinski definition) is 1. The maximum absolute atomic E-state index is 3.63. The van der Waals surface area contributed by atoms with Gasteiger partial charge in [-0.25, -0.2) is 0 Å². The molecule has 0 saturated heterocycles. The third-order valence-electron chi connectivity index (χ3n) is 3.32. The smallest absolute Gasteiger partial charge is 0.0527 e. The van der Waals surface area contributed by atoms with Crippen LogP contribution in [0, 0.1) is 12.3 Å². The Morgan fingerprint density at radius 2 is 2.12 bits per heavy atom. The van der Waals surface area contributed by atoms with Crippen molar-refractivity contribution >= 4 is 27.3 Å².